The van der Waals surface area contributed by atoms with Crippen molar-refractivity contribution in [3.63, 3.8) is 0 Å². The average Bonchev–Trinajstić information content (AvgIpc) is 2.47. The van der Waals surface area contributed by atoms with Crippen molar-refractivity contribution in [2.75, 3.05) is 0 Å². The molecule has 2 aromatic carbocycles. The Bertz CT molecular complexity index is 631. The van der Waals surface area contributed by atoms with Crippen molar-refractivity contribution >= 4 is 49.4 Å². The molecular weight excluding hydrogens is 405 g/mol. The summed E-state index contributed by atoms with van der Waals surface area (Å²) in [7, 11) is 0. The number of rotatable bonds is 4. The normalized spacial score (nSPS) is 10.3. The van der Waals surface area contributed by atoms with E-state index in [4.69, 9.17) is 11.6 Å². The summed E-state index contributed by atoms with van der Waals surface area (Å²) in [6, 6.07) is 13.2. The lowest BCUT2D eigenvalue weighted by Crippen LogP contribution is -2.22. The summed E-state index contributed by atoms with van der Waals surface area (Å²) in [6.07, 6.45) is 0. The summed E-state index contributed by atoms with van der Waals surface area (Å²) in [6.45, 7) is 0.493. The number of halogens is 3. The maximum absolute atomic E-state index is 12.0. The summed E-state index contributed by atoms with van der Waals surface area (Å²) < 4.78 is 0.778. The molecule has 0 spiro atoms. The fourth-order valence-electron chi connectivity index (χ4n) is 1.74. The molecule has 2 rings (SSSR count). The number of benzene rings is 2. The van der Waals surface area contributed by atoms with Gasteiger partial charge in [-0.05, 0) is 45.3 Å². The van der Waals surface area contributed by atoms with E-state index < -0.39 is 0 Å². The van der Waals surface area contributed by atoms with E-state index in [2.05, 4.69) is 43.2 Å². The molecule has 2 aromatic rings. The monoisotopic (exact) mass is 415 g/mol. The van der Waals surface area contributed by atoms with Crippen LogP contribution in [-0.2, 0) is 11.9 Å². The number of amides is 1. The van der Waals surface area contributed by atoms with Gasteiger partial charge in [0.15, 0.2) is 0 Å². The third kappa shape index (κ3) is 4.08. The van der Waals surface area contributed by atoms with Crippen molar-refractivity contribution in [3.8, 4) is 0 Å². The SMILES string of the molecule is O=C(NCc1cccc(CBr)c1)c1ccc(Br)c(Cl)c1. The van der Waals surface area contributed by atoms with Gasteiger partial charge >= 0.3 is 0 Å². The molecule has 5 heteroatoms. The first kappa shape index (κ1) is 15.5. The number of nitrogens with one attached hydrogen (secondary N) is 1. The van der Waals surface area contributed by atoms with E-state index in [0.29, 0.717) is 17.1 Å². The van der Waals surface area contributed by atoms with E-state index in [1.54, 1.807) is 18.2 Å². The van der Waals surface area contributed by atoms with Gasteiger partial charge in [-0.15, -0.1) is 0 Å². The highest BCUT2D eigenvalue weighted by Crippen LogP contribution is 2.23. The zero-order valence-electron chi connectivity index (χ0n) is 10.5. The van der Waals surface area contributed by atoms with Gasteiger partial charge in [0.2, 0.25) is 0 Å². The predicted molar refractivity (Wildman–Crippen MR) is 89.4 cm³/mol. The Hall–Kier alpha value is -0.840. The Morgan fingerprint density at radius 3 is 2.60 bits per heavy atom. The number of hydrogen-bond acceptors (Lipinski definition) is 1. The molecule has 0 radical (unpaired) electrons. The van der Waals surface area contributed by atoms with Crippen LogP contribution in [0.25, 0.3) is 0 Å². The second kappa shape index (κ2) is 7.25. The summed E-state index contributed by atoms with van der Waals surface area (Å²) in [5.41, 5.74) is 2.80. The van der Waals surface area contributed by atoms with Crippen LogP contribution < -0.4 is 5.32 Å². The molecule has 0 bridgehead atoms. The molecule has 0 saturated heterocycles. The molecule has 104 valence electrons. The topological polar surface area (TPSA) is 29.1 Å². The molecule has 1 amide bonds. The van der Waals surface area contributed by atoms with E-state index in [1.807, 2.05) is 18.2 Å². The minimum atomic E-state index is -0.136. The van der Waals surface area contributed by atoms with Crippen LogP contribution in [-0.4, -0.2) is 5.91 Å². The third-order valence-electron chi connectivity index (χ3n) is 2.78. The molecule has 0 atom stereocenters. The van der Waals surface area contributed by atoms with E-state index in [0.717, 1.165) is 15.4 Å². The summed E-state index contributed by atoms with van der Waals surface area (Å²) in [4.78, 5) is 12.0. The van der Waals surface area contributed by atoms with E-state index >= 15 is 0 Å². The molecule has 0 unspecified atom stereocenters. The van der Waals surface area contributed by atoms with Gasteiger partial charge in [-0.2, -0.15) is 0 Å². The first-order valence-corrected chi connectivity index (χ1v) is 8.26. The van der Waals surface area contributed by atoms with Gasteiger partial charge in [-0.3, -0.25) is 4.79 Å². The Balaban J connectivity index is 2.02. The smallest absolute Gasteiger partial charge is 0.251 e. The molecule has 0 saturated carbocycles. The number of hydrogen-bond donors (Lipinski definition) is 1. The van der Waals surface area contributed by atoms with Gasteiger partial charge in [-0.25, -0.2) is 0 Å². The third-order valence-corrected chi connectivity index (χ3v) is 4.66. The lowest BCUT2D eigenvalue weighted by atomic mass is 10.1. The van der Waals surface area contributed by atoms with Crippen LogP contribution in [0.15, 0.2) is 46.9 Å². The van der Waals surface area contributed by atoms with Gasteiger partial charge in [0, 0.05) is 21.9 Å². The molecule has 0 heterocycles. The highest BCUT2D eigenvalue weighted by atomic mass is 79.9. The van der Waals surface area contributed by atoms with Crippen LogP contribution in [0.3, 0.4) is 0 Å². The predicted octanol–water partition coefficient (Wildman–Crippen LogP) is 4.93. The van der Waals surface area contributed by atoms with Crippen LogP contribution in [0, 0.1) is 0 Å². The van der Waals surface area contributed by atoms with Crippen molar-refractivity contribution in [2.45, 2.75) is 11.9 Å². The number of carbonyl (C=O) groups is 1. The Labute approximate surface area is 139 Å². The van der Waals surface area contributed by atoms with Crippen LogP contribution >= 0.6 is 43.5 Å². The van der Waals surface area contributed by atoms with E-state index in [9.17, 15) is 4.79 Å². The van der Waals surface area contributed by atoms with Gasteiger partial charge in [0.1, 0.15) is 0 Å². The minimum Gasteiger partial charge on any atom is -0.348 e. The van der Waals surface area contributed by atoms with Crippen molar-refractivity contribution in [1.29, 1.82) is 0 Å². The standard InChI is InChI=1S/C15H12Br2ClNO/c16-8-10-2-1-3-11(6-10)9-19-15(20)12-4-5-13(17)14(18)7-12/h1-7H,8-9H2,(H,19,20). The maximum atomic E-state index is 12.0. The van der Waals surface area contributed by atoms with Crippen molar-refractivity contribution in [3.05, 3.63) is 68.7 Å². The molecule has 0 aliphatic carbocycles. The Morgan fingerprint density at radius 1 is 1.15 bits per heavy atom. The van der Waals surface area contributed by atoms with Crippen molar-refractivity contribution in [2.24, 2.45) is 0 Å². The Morgan fingerprint density at radius 2 is 1.90 bits per heavy atom. The van der Waals surface area contributed by atoms with Crippen molar-refractivity contribution < 1.29 is 4.79 Å². The highest BCUT2D eigenvalue weighted by Gasteiger charge is 2.07. The largest absolute Gasteiger partial charge is 0.348 e. The lowest BCUT2D eigenvalue weighted by molar-refractivity contribution is 0.0951. The first-order chi connectivity index (χ1) is 9.60. The van der Waals surface area contributed by atoms with Crippen LogP contribution in [0.2, 0.25) is 5.02 Å². The zero-order valence-corrected chi connectivity index (χ0v) is 14.4. The van der Waals surface area contributed by atoms with Gasteiger partial charge < -0.3 is 5.32 Å². The van der Waals surface area contributed by atoms with Crippen LogP contribution in [0.1, 0.15) is 21.5 Å². The quantitative estimate of drug-likeness (QED) is 0.703. The zero-order chi connectivity index (χ0) is 14.5. The fraction of sp³-hybridized carbons (Fsp3) is 0.133. The minimum absolute atomic E-state index is 0.136. The maximum Gasteiger partial charge on any atom is 0.251 e. The molecule has 0 fully saturated rings. The van der Waals surface area contributed by atoms with Crippen molar-refractivity contribution in [1.82, 2.24) is 5.32 Å². The number of alkyl halides is 1. The van der Waals surface area contributed by atoms with Crippen LogP contribution in [0.5, 0.6) is 0 Å². The molecule has 0 aliphatic rings. The molecular formula is C15H12Br2ClNO. The summed E-state index contributed by atoms with van der Waals surface area (Å²) in [5, 5.41) is 4.21. The highest BCUT2D eigenvalue weighted by molar-refractivity contribution is 9.10. The van der Waals surface area contributed by atoms with E-state index in [1.165, 1.54) is 5.56 Å². The number of carbonyl (C=O) groups excluding carboxylic acids is 1. The van der Waals surface area contributed by atoms with Gasteiger partial charge in [0.25, 0.3) is 5.91 Å². The summed E-state index contributed by atoms with van der Waals surface area (Å²) >= 11 is 12.7. The molecule has 2 nitrogen and oxygen atoms in total. The second-order valence-corrected chi connectivity index (χ2v) is 6.09. The molecule has 20 heavy (non-hydrogen) atoms. The molecule has 0 aliphatic heterocycles. The Kier molecular flexibility index (Phi) is 5.64. The van der Waals surface area contributed by atoms with Gasteiger partial charge in [-0.1, -0.05) is 51.8 Å². The lowest BCUT2D eigenvalue weighted by Gasteiger charge is -2.07. The second-order valence-electron chi connectivity index (χ2n) is 4.27. The van der Waals surface area contributed by atoms with Gasteiger partial charge in [0.05, 0.1) is 5.02 Å². The average molecular weight is 418 g/mol. The summed E-state index contributed by atoms with van der Waals surface area (Å²) in [5.74, 6) is -0.136. The molecule has 1 N–H and O–H groups in total. The first-order valence-electron chi connectivity index (χ1n) is 5.97. The molecule has 0 aromatic heterocycles. The fourth-order valence-corrected chi connectivity index (χ4v) is 2.52. The van der Waals surface area contributed by atoms with E-state index in [-0.39, 0.29) is 5.91 Å². The van der Waals surface area contributed by atoms with Crippen LogP contribution in [0.4, 0.5) is 0 Å².